The summed E-state index contributed by atoms with van der Waals surface area (Å²) in [5.41, 5.74) is 2.43. The van der Waals surface area contributed by atoms with Gasteiger partial charge in [0, 0.05) is 29.6 Å². The Kier molecular flexibility index (Phi) is 7.88. The van der Waals surface area contributed by atoms with Gasteiger partial charge in [0.25, 0.3) is 0 Å². The molecule has 6 nitrogen and oxygen atoms in total. The Labute approximate surface area is 168 Å². The van der Waals surface area contributed by atoms with Crippen LogP contribution in [-0.2, 0) is 20.9 Å². The van der Waals surface area contributed by atoms with E-state index in [2.05, 4.69) is 15.2 Å². The molecule has 2 rings (SSSR count). The summed E-state index contributed by atoms with van der Waals surface area (Å²) in [6.07, 6.45) is 3.83. The summed E-state index contributed by atoms with van der Waals surface area (Å²) in [6.45, 7) is 2.73. The van der Waals surface area contributed by atoms with Crippen LogP contribution in [0, 0.1) is 6.92 Å². The van der Waals surface area contributed by atoms with Gasteiger partial charge < -0.3 is 10.1 Å². The Morgan fingerprint density at radius 2 is 1.96 bits per heavy atom. The molecule has 1 N–H and O–H groups in total. The maximum atomic E-state index is 11.9. The Hall–Kier alpha value is -2.31. The molecule has 0 fully saturated rings. The quantitative estimate of drug-likeness (QED) is 0.410. The van der Waals surface area contributed by atoms with Crippen molar-refractivity contribution in [1.82, 2.24) is 15.1 Å². The number of aromatic nitrogens is 2. The van der Waals surface area contributed by atoms with Gasteiger partial charge in [-0.2, -0.15) is 5.10 Å². The van der Waals surface area contributed by atoms with E-state index in [9.17, 15) is 9.59 Å². The van der Waals surface area contributed by atoms with Crippen molar-refractivity contribution < 1.29 is 14.3 Å². The van der Waals surface area contributed by atoms with Crippen molar-refractivity contribution in [3.8, 4) is 0 Å². The van der Waals surface area contributed by atoms with Crippen molar-refractivity contribution >= 4 is 41.2 Å². The van der Waals surface area contributed by atoms with Crippen molar-refractivity contribution in [3.63, 3.8) is 0 Å². The van der Waals surface area contributed by atoms with Crippen LogP contribution < -0.4 is 5.32 Å². The van der Waals surface area contributed by atoms with Gasteiger partial charge in [-0.3, -0.25) is 9.59 Å². The molecule has 0 aliphatic carbocycles. The molecule has 0 atom stereocenters. The second-order valence-electron chi connectivity index (χ2n) is 5.88. The first kappa shape index (κ1) is 21.0. The van der Waals surface area contributed by atoms with Gasteiger partial charge in [0.15, 0.2) is 0 Å². The summed E-state index contributed by atoms with van der Waals surface area (Å²) in [7, 11) is 1.34. The number of amides is 1. The lowest BCUT2D eigenvalue weighted by atomic mass is 10.2. The van der Waals surface area contributed by atoms with Gasteiger partial charge in [0.1, 0.15) is 5.15 Å². The molecule has 27 heavy (non-hydrogen) atoms. The summed E-state index contributed by atoms with van der Waals surface area (Å²) in [5.74, 6) is -0.559. The lowest BCUT2D eigenvalue weighted by Crippen LogP contribution is -2.22. The topological polar surface area (TPSA) is 73.2 Å². The van der Waals surface area contributed by atoms with Crippen LogP contribution in [0.15, 0.2) is 30.3 Å². The summed E-state index contributed by atoms with van der Waals surface area (Å²) in [4.78, 5) is 22.9. The molecular formula is C19H21Cl2N3O3. The van der Waals surface area contributed by atoms with Crippen molar-refractivity contribution in [2.24, 2.45) is 0 Å². The summed E-state index contributed by atoms with van der Waals surface area (Å²) < 4.78 is 6.22. The van der Waals surface area contributed by atoms with Gasteiger partial charge in [0.2, 0.25) is 5.91 Å². The number of rotatable bonds is 8. The van der Waals surface area contributed by atoms with Crippen LogP contribution in [0.1, 0.15) is 29.7 Å². The lowest BCUT2D eigenvalue weighted by molar-refractivity contribution is -0.140. The monoisotopic (exact) mass is 409 g/mol. The second-order valence-corrected chi connectivity index (χ2v) is 6.67. The Balaban J connectivity index is 1.95. The molecule has 0 aliphatic heterocycles. The van der Waals surface area contributed by atoms with Gasteiger partial charge in [0.05, 0.1) is 19.3 Å². The fraction of sp³-hybridized carbons (Fsp3) is 0.316. The third-order valence-electron chi connectivity index (χ3n) is 3.84. The maximum absolute atomic E-state index is 11.9. The molecule has 0 unspecified atom stereocenters. The van der Waals surface area contributed by atoms with Crippen LogP contribution in [0.3, 0.4) is 0 Å². The van der Waals surface area contributed by atoms with Gasteiger partial charge >= 0.3 is 5.97 Å². The van der Waals surface area contributed by atoms with Gasteiger partial charge in [-0.1, -0.05) is 35.3 Å². The lowest BCUT2D eigenvalue weighted by Gasteiger charge is -2.04. The summed E-state index contributed by atoms with van der Waals surface area (Å²) >= 11 is 12.3. The zero-order valence-corrected chi connectivity index (χ0v) is 16.7. The highest BCUT2D eigenvalue weighted by Crippen LogP contribution is 2.22. The number of ether oxygens (including phenoxy) is 1. The molecule has 0 saturated heterocycles. The van der Waals surface area contributed by atoms with E-state index in [1.807, 2.05) is 31.2 Å². The molecule has 0 saturated carbocycles. The second kappa shape index (κ2) is 10.1. The van der Waals surface area contributed by atoms with Crippen molar-refractivity contribution in [3.05, 3.63) is 57.3 Å². The van der Waals surface area contributed by atoms with Crippen LogP contribution in [0.4, 0.5) is 0 Å². The highest BCUT2D eigenvalue weighted by atomic mass is 35.5. The van der Waals surface area contributed by atoms with Crippen LogP contribution in [-0.4, -0.2) is 35.3 Å². The number of halogens is 2. The molecule has 144 valence electrons. The minimum atomic E-state index is -0.296. The SMILES string of the molecule is COC(=O)CCCNC(=O)/C=C/c1c(C)nn(Cc2ccc(Cl)cc2)c1Cl. The van der Waals surface area contributed by atoms with Crippen molar-refractivity contribution in [1.29, 1.82) is 0 Å². The maximum Gasteiger partial charge on any atom is 0.305 e. The van der Waals surface area contributed by atoms with Crippen molar-refractivity contribution in [2.45, 2.75) is 26.3 Å². The smallest absolute Gasteiger partial charge is 0.305 e. The molecule has 1 aromatic carbocycles. The average Bonchev–Trinajstić information content (AvgIpc) is 2.91. The van der Waals surface area contributed by atoms with Gasteiger partial charge in [-0.15, -0.1) is 0 Å². The van der Waals surface area contributed by atoms with Gasteiger partial charge in [-0.05, 0) is 37.1 Å². The number of nitrogens with zero attached hydrogens (tertiary/aromatic N) is 2. The normalized spacial score (nSPS) is 11.0. The molecule has 0 spiro atoms. The van der Waals surface area contributed by atoms with Gasteiger partial charge in [-0.25, -0.2) is 4.68 Å². The number of aryl methyl sites for hydroxylation is 1. The van der Waals surface area contributed by atoms with E-state index in [4.69, 9.17) is 23.2 Å². The van der Waals surface area contributed by atoms with E-state index in [0.29, 0.717) is 35.2 Å². The first-order valence-corrected chi connectivity index (χ1v) is 9.16. The summed E-state index contributed by atoms with van der Waals surface area (Å²) in [6, 6.07) is 7.44. The Morgan fingerprint density at radius 1 is 1.26 bits per heavy atom. The Bertz CT molecular complexity index is 829. The number of methoxy groups -OCH3 is 1. The van der Waals surface area contributed by atoms with E-state index in [1.165, 1.54) is 13.2 Å². The predicted molar refractivity (Wildman–Crippen MR) is 106 cm³/mol. The number of hydrogen-bond donors (Lipinski definition) is 1. The van der Waals surface area contributed by atoms with Crippen LogP contribution >= 0.6 is 23.2 Å². The number of benzene rings is 1. The molecule has 1 heterocycles. The standard InChI is InChI=1S/C19H21Cl2N3O3/c1-13-16(9-10-17(25)22-11-3-4-18(26)27-2)19(21)24(23-13)12-14-5-7-15(20)8-6-14/h5-10H,3-4,11-12H2,1-2H3,(H,22,25)/b10-9+. The van der Waals surface area contributed by atoms with E-state index < -0.39 is 0 Å². The fourth-order valence-corrected chi connectivity index (χ4v) is 2.81. The fourth-order valence-electron chi connectivity index (χ4n) is 2.39. The largest absolute Gasteiger partial charge is 0.469 e. The Morgan fingerprint density at radius 3 is 2.63 bits per heavy atom. The van der Waals surface area contributed by atoms with Crippen LogP contribution in [0.25, 0.3) is 6.08 Å². The number of carbonyl (C=O) groups excluding carboxylic acids is 2. The number of esters is 1. The third-order valence-corrected chi connectivity index (χ3v) is 4.49. The van der Waals surface area contributed by atoms with E-state index >= 15 is 0 Å². The first-order valence-electron chi connectivity index (χ1n) is 8.40. The van der Waals surface area contributed by atoms with E-state index in [0.717, 1.165) is 11.3 Å². The highest BCUT2D eigenvalue weighted by Gasteiger charge is 2.12. The van der Waals surface area contributed by atoms with Crippen LogP contribution in [0.2, 0.25) is 10.2 Å². The molecule has 1 amide bonds. The minimum absolute atomic E-state index is 0.263. The van der Waals surface area contributed by atoms with Crippen molar-refractivity contribution in [2.75, 3.05) is 13.7 Å². The number of hydrogen-bond acceptors (Lipinski definition) is 4. The zero-order chi connectivity index (χ0) is 19.8. The third kappa shape index (κ3) is 6.41. The first-order chi connectivity index (χ1) is 12.9. The summed E-state index contributed by atoms with van der Waals surface area (Å²) in [5, 5.41) is 8.26. The minimum Gasteiger partial charge on any atom is -0.469 e. The highest BCUT2D eigenvalue weighted by molar-refractivity contribution is 6.31. The number of nitrogens with one attached hydrogen (secondary N) is 1. The van der Waals surface area contributed by atoms with E-state index in [-0.39, 0.29) is 18.3 Å². The molecule has 8 heteroatoms. The predicted octanol–water partition coefficient (Wildman–Crippen LogP) is 3.63. The molecule has 2 aromatic rings. The molecular weight excluding hydrogens is 389 g/mol. The van der Waals surface area contributed by atoms with Crippen LogP contribution in [0.5, 0.6) is 0 Å². The molecule has 0 radical (unpaired) electrons. The molecule has 0 bridgehead atoms. The zero-order valence-electron chi connectivity index (χ0n) is 15.2. The number of carbonyl (C=O) groups is 2. The molecule has 1 aromatic heterocycles. The average molecular weight is 410 g/mol. The molecule has 0 aliphatic rings. The van der Waals surface area contributed by atoms with E-state index in [1.54, 1.807) is 10.8 Å².